The molecule has 2 rings (SSSR count). The van der Waals surface area contributed by atoms with E-state index in [9.17, 15) is 13.2 Å². The molecule has 0 spiro atoms. The molecule has 0 radical (unpaired) electrons. The zero-order chi connectivity index (χ0) is 14.0. The summed E-state index contributed by atoms with van der Waals surface area (Å²) >= 11 is 1.43. The lowest BCUT2D eigenvalue weighted by atomic mass is 10.3. The van der Waals surface area contributed by atoms with E-state index in [1.807, 2.05) is 13.0 Å². The van der Waals surface area contributed by atoms with Gasteiger partial charge in [-0.15, -0.1) is 11.3 Å². The van der Waals surface area contributed by atoms with Crippen molar-refractivity contribution in [1.29, 1.82) is 0 Å². The minimum Gasteiger partial charge on any atom is -0.477 e. The van der Waals surface area contributed by atoms with Crippen LogP contribution < -0.4 is 10.5 Å². The van der Waals surface area contributed by atoms with Gasteiger partial charge in [0.05, 0.1) is 18.4 Å². The molecule has 0 aliphatic rings. The molecule has 0 aromatic carbocycles. The summed E-state index contributed by atoms with van der Waals surface area (Å²) in [5, 5.41) is 0.609. The van der Waals surface area contributed by atoms with Crippen molar-refractivity contribution in [3.05, 3.63) is 10.9 Å². The number of nitrogen functional groups attached to an aromatic ring is 1. The van der Waals surface area contributed by atoms with E-state index in [0.29, 0.717) is 10.2 Å². The third-order valence-corrected chi connectivity index (χ3v) is 3.57. The molecule has 0 unspecified atom stereocenters. The lowest BCUT2D eigenvalue weighted by Gasteiger charge is -2.08. The molecule has 2 aromatic rings. The molecule has 2 N–H and O–H groups in total. The summed E-state index contributed by atoms with van der Waals surface area (Å²) in [6, 6.07) is 1.82. The summed E-state index contributed by atoms with van der Waals surface area (Å²) in [5.41, 5.74) is 5.52. The number of fused-ring (bicyclic) bond motifs is 1. The molecule has 0 saturated heterocycles. The van der Waals surface area contributed by atoms with Gasteiger partial charge in [0.25, 0.3) is 0 Å². The van der Waals surface area contributed by atoms with Gasteiger partial charge in [-0.2, -0.15) is 18.2 Å². The van der Waals surface area contributed by atoms with Crippen molar-refractivity contribution in [3.8, 4) is 5.88 Å². The Morgan fingerprint density at radius 3 is 2.74 bits per heavy atom. The molecule has 4 nitrogen and oxygen atoms in total. The van der Waals surface area contributed by atoms with Gasteiger partial charge in [0, 0.05) is 4.88 Å². The van der Waals surface area contributed by atoms with Gasteiger partial charge in [0.1, 0.15) is 4.83 Å². The highest BCUT2D eigenvalue weighted by atomic mass is 32.1. The van der Waals surface area contributed by atoms with E-state index in [0.717, 1.165) is 11.3 Å². The standard InChI is InChI=1S/C11H12F3N3OS/c1-2-6-5-7-8(18-4-3-11(12,13)14)16-10(15)17-9(7)19-6/h5H,2-4H2,1H3,(H2,15,16,17). The Labute approximate surface area is 111 Å². The summed E-state index contributed by atoms with van der Waals surface area (Å²) in [4.78, 5) is 9.58. The summed E-state index contributed by atoms with van der Waals surface area (Å²) in [5.74, 6) is 0.113. The first-order chi connectivity index (χ1) is 8.89. The second kappa shape index (κ2) is 5.20. The minimum absolute atomic E-state index is 0.000915. The van der Waals surface area contributed by atoms with Crippen LogP contribution >= 0.6 is 11.3 Å². The molecule has 2 aromatic heterocycles. The molecule has 2 heterocycles. The largest absolute Gasteiger partial charge is 0.477 e. The van der Waals surface area contributed by atoms with Crippen molar-refractivity contribution in [2.45, 2.75) is 25.9 Å². The second-order valence-electron chi connectivity index (χ2n) is 3.89. The van der Waals surface area contributed by atoms with Crippen LogP contribution in [0.1, 0.15) is 18.2 Å². The number of nitrogens with zero attached hydrogens (tertiary/aromatic N) is 2. The molecular weight excluding hydrogens is 279 g/mol. The lowest BCUT2D eigenvalue weighted by Crippen LogP contribution is -2.13. The van der Waals surface area contributed by atoms with Crippen molar-refractivity contribution in [2.24, 2.45) is 0 Å². The number of rotatable bonds is 4. The van der Waals surface area contributed by atoms with Gasteiger partial charge in [-0.3, -0.25) is 0 Å². The van der Waals surface area contributed by atoms with Gasteiger partial charge >= 0.3 is 6.18 Å². The number of alkyl halides is 3. The number of anilines is 1. The molecule has 0 fully saturated rings. The van der Waals surface area contributed by atoms with E-state index in [-0.39, 0.29) is 11.8 Å². The lowest BCUT2D eigenvalue weighted by molar-refractivity contribution is -0.139. The van der Waals surface area contributed by atoms with Gasteiger partial charge in [-0.05, 0) is 12.5 Å². The van der Waals surface area contributed by atoms with E-state index in [4.69, 9.17) is 10.5 Å². The van der Waals surface area contributed by atoms with Gasteiger partial charge < -0.3 is 10.5 Å². The Hall–Kier alpha value is -1.57. The Morgan fingerprint density at radius 2 is 2.11 bits per heavy atom. The van der Waals surface area contributed by atoms with Crippen LogP contribution in [0.2, 0.25) is 0 Å². The molecule has 8 heteroatoms. The van der Waals surface area contributed by atoms with E-state index in [2.05, 4.69) is 9.97 Å². The predicted octanol–water partition coefficient (Wildman–Crippen LogP) is 3.17. The molecule has 19 heavy (non-hydrogen) atoms. The quantitative estimate of drug-likeness (QED) is 0.940. The highest BCUT2D eigenvalue weighted by Gasteiger charge is 2.27. The van der Waals surface area contributed by atoms with E-state index >= 15 is 0 Å². The summed E-state index contributed by atoms with van der Waals surface area (Å²) in [7, 11) is 0. The smallest absolute Gasteiger partial charge is 0.392 e. The van der Waals surface area contributed by atoms with Crippen LogP contribution in [-0.4, -0.2) is 22.8 Å². The maximum Gasteiger partial charge on any atom is 0.392 e. The number of ether oxygens (including phenoxy) is 1. The third-order valence-electron chi connectivity index (χ3n) is 2.40. The van der Waals surface area contributed by atoms with Crippen LogP contribution in [0.3, 0.4) is 0 Å². The van der Waals surface area contributed by atoms with E-state index in [1.54, 1.807) is 0 Å². The SMILES string of the molecule is CCc1cc2c(OCCC(F)(F)F)nc(N)nc2s1. The maximum absolute atomic E-state index is 12.1. The van der Waals surface area contributed by atoms with Crippen molar-refractivity contribution in [2.75, 3.05) is 12.3 Å². The Kier molecular flexibility index (Phi) is 3.79. The van der Waals surface area contributed by atoms with Crippen LogP contribution in [0.15, 0.2) is 6.07 Å². The molecule has 0 bridgehead atoms. The van der Waals surface area contributed by atoms with Crippen LogP contribution in [0, 0.1) is 0 Å². The summed E-state index contributed by atoms with van der Waals surface area (Å²) in [6.45, 7) is 1.50. The number of halogens is 3. The van der Waals surface area contributed by atoms with Crippen molar-refractivity contribution in [1.82, 2.24) is 9.97 Å². The Morgan fingerprint density at radius 1 is 1.37 bits per heavy atom. The number of aromatic nitrogens is 2. The van der Waals surface area contributed by atoms with Gasteiger partial charge in [-0.1, -0.05) is 6.92 Å². The zero-order valence-electron chi connectivity index (χ0n) is 10.1. The van der Waals surface area contributed by atoms with Crippen LogP contribution in [0.25, 0.3) is 10.2 Å². The van der Waals surface area contributed by atoms with E-state index in [1.165, 1.54) is 11.3 Å². The fraction of sp³-hybridized carbons (Fsp3) is 0.455. The minimum atomic E-state index is -4.25. The third kappa shape index (κ3) is 3.46. The first-order valence-corrected chi connectivity index (χ1v) is 6.46. The monoisotopic (exact) mass is 291 g/mol. The fourth-order valence-corrected chi connectivity index (χ4v) is 2.47. The number of aryl methyl sites for hydroxylation is 1. The van der Waals surface area contributed by atoms with Crippen molar-refractivity contribution in [3.63, 3.8) is 0 Å². The second-order valence-corrected chi connectivity index (χ2v) is 5.00. The summed E-state index contributed by atoms with van der Waals surface area (Å²) < 4.78 is 41.3. The average molecular weight is 291 g/mol. The van der Waals surface area contributed by atoms with Gasteiger partial charge in [0.15, 0.2) is 0 Å². The van der Waals surface area contributed by atoms with Crippen LogP contribution in [0.4, 0.5) is 19.1 Å². The Bertz CT molecular complexity index is 582. The number of hydrogen-bond donors (Lipinski definition) is 1. The zero-order valence-corrected chi connectivity index (χ0v) is 10.9. The highest BCUT2D eigenvalue weighted by Crippen LogP contribution is 2.31. The molecule has 104 valence electrons. The number of thiophene rings is 1. The van der Waals surface area contributed by atoms with E-state index < -0.39 is 19.2 Å². The topological polar surface area (TPSA) is 61.0 Å². The number of hydrogen-bond acceptors (Lipinski definition) is 5. The average Bonchev–Trinajstić information content (AvgIpc) is 2.70. The fourth-order valence-electron chi connectivity index (χ4n) is 1.51. The molecule has 0 saturated carbocycles. The molecular formula is C11H12F3N3OS. The van der Waals surface area contributed by atoms with Gasteiger partial charge in [-0.25, -0.2) is 4.98 Å². The van der Waals surface area contributed by atoms with Crippen molar-refractivity contribution >= 4 is 27.5 Å². The molecule has 0 aliphatic carbocycles. The Balaban J connectivity index is 2.23. The normalized spacial score (nSPS) is 12.0. The first kappa shape index (κ1) is 13.9. The molecule has 0 amide bonds. The number of nitrogens with two attached hydrogens (primary N) is 1. The predicted molar refractivity (Wildman–Crippen MR) is 67.4 cm³/mol. The molecule has 0 atom stereocenters. The summed E-state index contributed by atoms with van der Waals surface area (Å²) in [6.07, 6.45) is -4.47. The van der Waals surface area contributed by atoms with Crippen LogP contribution in [-0.2, 0) is 6.42 Å². The van der Waals surface area contributed by atoms with Crippen molar-refractivity contribution < 1.29 is 17.9 Å². The van der Waals surface area contributed by atoms with Gasteiger partial charge in [0.2, 0.25) is 11.8 Å². The molecule has 0 aliphatic heterocycles. The highest BCUT2D eigenvalue weighted by molar-refractivity contribution is 7.18. The first-order valence-electron chi connectivity index (χ1n) is 5.64. The van der Waals surface area contributed by atoms with Crippen LogP contribution in [0.5, 0.6) is 5.88 Å². The maximum atomic E-state index is 12.1.